The molecule has 0 N–H and O–H groups in total. The third kappa shape index (κ3) is 1.59. The number of rotatable bonds is 2. The lowest BCUT2D eigenvalue weighted by Gasteiger charge is -2.25. The molecule has 0 aromatic rings. The van der Waals surface area contributed by atoms with E-state index in [-0.39, 0.29) is 0 Å². The van der Waals surface area contributed by atoms with Gasteiger partial charge >= 0.3 is 5.92 Å². The van der Waals surface area contributed by atoms with Gasteiger partial charge in [0, 0.05) is 0 Å². The van der Waals surface area contributed by atoms with Gasteiger partial charge in [-0.15, -0.1) is 0 Å². The molecule has 0 aliphatic carbocycles. The van der Waals surface area contributed by atoms with Crippen LogP contribution >= 0.6 is 11.6 Å². The van der Waals surface area contributed by atoms with Crippen LogP contribution in [0.4, 0.5) is 8.78 Å². The highest BCUT2D eigenvalue weighted by atomic mass is 35.5. The van der Waals surface area contributed by atoms with Crippen molar-refractivity contribution in [2.24, 2.45) is 0 Å². The van der Waals surface area contributed by atoms with Gasteiger partial charge in [-0.3, -0.25) is 9.69 Å². The molecule has 0 amide bonds. The summed E-state index contributed by atoms with van der Waals surface area (Å²) in [6.45, 7) is 0.602. The maximum Gasteiger partial charge on any atom is 0.335 e. The third-order valence-corrected chi connectivity index (χ3v) is 2.45. The number of halogens is 3. The summed E-state index contributed by atoms with van der Waals surface area (Å²) in [5.41, 5.74) is 0. The molecule has 5 heteroatoms. The molecule has 0 saturated carbocycles. The zero-order chi connectivity index (χ0) is 9.35. The second kappa shape index (κ2) is 3.26. The Morgan fingerprint density at radius 2 is 2.25 bits per heavy atom. The molecule has 1 aliphatic heterocycles. The molecule has 2 nitrogen and oxygen atoms in total. The van der Waals surface area contributed by atoms with Crippen molar-refractivity contribution in [3.05, 3.63) is 0 Å². The molecule has 0 radical (unpaired) electrons. The van der Waals surface area contributed by atoms with Crippen LogP contribution < -0.4 is 0 Å². The van der Waals surface area contributed by atoms with Crippen molar-refractivity contribution in [1.82, 2.24) is 4.90 Å². The van der Waals surface area contributed by atoms with Gasteiger partial charge in [-0.1, -0.05) is 0 Å². The summed E-state index contributed by atoms with van der Waals surface area (Å²) < 4.78 is 26.0. The van der Waals surface area contributed by atoms with E-state index in [4.69, 9.17) is 11.6 Å². The van der Waals surface area contributed by atoms with E-state index < -0.39 is 17.2 Å². The summed E-state index contributed by atoms with van der Waals surface area (Å²) in [5, 5.41) is -1.55. The highest BCUT2D eigenvalue weighted by Crippen LogP contribution is 2.32. The topological polar surface area (TPSA) is 20.3 Å². The minimum atomic E-state index is -3.40. The molecule has 0 aromatic carbocycles. The van der Waals surface area contributed by atoms with E-state index in [1.165, 1.54) is 4.90 Å². The number of hydrogen-bond acceptors (Lipinski definition) is 2. The van der Waals surface area contributed by atoms with E-state index >= 15 is 0 Å². The Labute approximate surface area is 74.5 Å². The van der Waals surface area contributed by atoms with Gasteiger partial charge in [0.05, 0.1) is 6.04 Å². The van der Waals surface area contributed by atoms with Crippen LogP contribution in [0.2, 0.25) is 0 Å². The lowest BCUT2D eigenvalue weighted by molar-refractivity contribution is -0.142. The van der Waals surface area contributed by atoms with E-state index in [1.807, 2.05) is 0 Å². The van der Waals surface area contributed by atoms with Crippen molar-refractivity contribution in [2.75, 3.05) is 13.6 Å². The van der Waals surface area contributed by atoms with Crippen molar-refractivity contribution in [2.45, 2.75) is 24.8 Å². The first-order valence-corrected chi connectivity index (χ1v) is 4.12. The van der Waals surface area contributed by atoms with E-state index in [9.17, 15) is 13.6 Å². The normalized spacial score (nSPS) is 26.2. The Morgan fingerprint density at radius 1 is 1.67 bits per heavy atom. The maximum absolute atomic E-state index is 13.0. The number of likely N-dealkylation sites (tertiary alicyclic amines) is 1. The SMILES string of the molecule is CN1CCCC1C(F)(F)C(=O)Cl. The maximum atomic E-state index is 13.0. The summed E-state index contributed by atoms with van der Waals surface area (Å²) in [6.07, 6.45) is 1.03. The Hall–Kier alpha value is -0.220. The molecule has 70 valence electrons. The zero-order valence-corrected chi connectivity index (χ0v) is 7.44. The fourth-order valence-corrected chi connectivity index (χ4v) is 1.63. The number of alkyl halides is 2. The number of nitrogens with zero attached hydrogens (tertiary/aromatic N) is 1. The molecule has 1 atom stereocenters. The van der Waals surface area contributed by atoms with Crippen LogP contribution in [0.3, 0.4) is 0 Å². The molecule has 1 rings (SSSR count). The standard InChI is InChI=1S/C7H10ClF2NO/c1-11-4-2-3-5(11)7(9,10)6(8)12/h5H,2-4H2,1H3. The highest BCUT2D eigenvalue weighted by molar-refractivity contribution is 6.65. The van der Waals surface area contributed by atoms with Crippen LogP contribution in [0, 0.1) is 0 Å². The molecule has 1 unspecified atom stereocenters. The Bertz CT molecular complexity index is 198. The number of hydrogen-bond donors (Lipinski definition) is 0. The molecule has 1 aliphatic rings. The van der Waals surface area contributed by atoms with Crippen molar-refractivity contribution >= 4 is 16.8 Å². The van der Waals surface area contributed by atoms with Crippen LogP contribution in [-0.4, -0.2) is 35.7 Å². The Kier molecular flexibility index (Phi) is 2.68. The summed E-state index contributed by atoms with van der Waals surface area (Å²) in [4.78, 5) is 11.9. The Balaban J connectivity index is 2.73. The average molecular weight is 198 g/mol. The molecule has 0 aromatic heterocycles. The van der Waals surface area contributed by atoms with Crippen molar-refractivity contribution in [3.63, 3.8) is 0 Å². The molecular formula is C7H10ClF2NO. The second-order valence-corrected chi connectivity index (χ2v) is 3.38. The van der Waals surface area contributed by atoms with Crippen molar-refractivity contribution in [3.8, 4) is 0 Å². The Morgan fingerprint density at radius 3 is 2.58 bits per heavy atom. The fraction of sp³-hybridized carbons (Fsp3) is 0.857. The van der Waals surface area contributed by atoms with Gasteiger partial charge in [-0.05, 0) is 38.0 Å². The van der Waals surface area contributed by atoms with Crippen molar-refractivity contribution in [1.29, 1.82) is 0 Å². The molecule has 0 bridgehead atoms. The monoisotopic (exact) mass is 197 g/mol. The average Bonchev–Trinajstić information content (AvgIpc) is 2.35. The largest absolute Gasteiger partial charge is 0.335 e. The smallest absolute Gasteiger partial charge is 0.297 e. The molecule has 1 heterocycles. The van der Waals surface area contributed by atoms with E-state index in [2.05, 4.69) is 0 Å². The summed E-state index contributed by atoms with van der Waals surface area (Å²) >= 11 is 4.80. The zero-order valence-electron chi connectivity index (χ0n) is 6.69. The first kappa shape index (κ1) is 9.86. The van der Waals surface area contributed by atoms with Crippen LogP contribution in [0.1, 0.15) is 12.8 Å². The van der Waals surface area contributed by atoms with E-state index in [1.54, 1.807) is 7.05 Å². The molecular weight excluding hydrogens is 188 g/mol. The van der Waals surface area contributed by atoms with Gasteiger partial charge in [-0.25, -0.2) is 0 Å². The lowest BCUT2D eigenvalue weighted by Crippen LogP contribution is -2.45. The quantitative estimate of drug-likeness (QED) is 0.625. The predicted molar refractivity (Wildman–Crippen MR) is 41.5 cm³/mol. The minimum Gasteiger partial charge on any atom is -0.297 e. The molecule has 12 heavy (non-hydrogen) atoms. The van der Waals surface area contributed by atoms with Gasteiger partial charge < -0.3 is 0 Å². The molecule has 1 fully saturated rings. The van der Waals surface area contributed by atoms with E-state index in [0.29, 0.717) is 19.4 Å². The van der Waals surface area contributed by atoms with Gasteiger partial charge in [-0.2, -0.15) is 8.78 Å². The van der Waals surface area contributed by atoms with Crippen LogP contribution in [0.25, 0.3) is 0 Å². The summed E-state index contributed by atoms with van der Waals surface area (Å²) in [5.74, 6) is -3.40. The van der Waals surface area contributed by atoms with Crippen LogP contribution in [-0.2, 0) is 4.79 Å². The molecule has 1 saturated heterocycles. The predicted octanol–water partition coefficient (Wildman–Crippen LogP) is 1.48. The minimum absolute atomic E-state index is 0.335. The second-order valence-electron chi connectivity index (χ2n) is 3.04. The van der Waals surface area contributed by atoms with Crippen LogP contribution in [0.15, 0.2) is 0 Å². The van der Waals surface area contributed by atoms with E-state index in [0.717, 1.165) is 0 Å². The summed E-state index contributed by atoms with van der Waals surface area (Å²) in [7, 11) is 1.57. The van der Waals surface area contributed by atoms with Crippen LogP contribution in [0.5, 0.6) is 0 Å². The highest BCUT2D eigenvalue weighted by Gasteiger charge is 2.49. The van der Waals surface area contributed by atoms with Crippen molar-refractivity contribution < 1.29 is 13.6 Å². The number of carbonyl (C=O) groups excluding carboxylic acids is 1. The molecule has 0 spiro atoms. The first-order valence-electron chi connectivity index (χ1n) is 3.74. The first-order chi connectivity index (χ1) is 5.46. The van der Waals surface area contributed by atoms with Gasteiger partial charge in [0.2, 0.25) is 0 Å². The third-order valence-electron chi connectivity index (χ3n) is 2.20. The summed E-state index contributed by atoms with van der Waals surface area (Å²) in [6, 6.07) is -1.01. The lowest BCUT2D eigenvalue weighted by atomic mass is 10.1. The number of carbonyl (C=O) groups is 1. The van der Waals surface area contributed by atoms with Gasteiger partial charge in [0.1, 0.15) is 0 Å². The van der Waals surface area contributed by atoms with Gasteiger partial charge in [0.15, 0.2) is 0 Å². The van der Waals surface area contributed by atoms with Gasteiger partial charge in [0.25, 0.3) is 5.24 Å². The fourth-order valence-electron chi connectivity index (χ4n) is 1.50.